The molecule has 37 heavy (non-hydrogen) atoms. The van der Waals surface area contributed by atoms with Crippen molar-refractivity contribution < 1.29 is 18.8 Å². The number of carbonyl (C=O) groups is 1. The van der Waals surface area contributed by atoms with Crippen molar-refractivity contribution in [3.05, 3.63) is 95.0 Å². The van der Waals surface area contributed by atoms with E-state index in [9.17, 15) is 4.79 Å². The second-order valence-corrected chi connectivity index (χ2v) is 9.14. The number of nitrogens with one attached hydrogen (secondary N) is 1. The Labute approximate surface area is 214 Å². The Morgan fingerprint density at radius 1 is 0.973 bits per heavy atom. The number of hydrogen-bond donors (Lipinski definition) is 1. The van der Waals surface area contributed by atoms with Gasteiger partial charge in [-0.15, -0.1) is 0 Å². The maximum atomic E-state index is 13.5. The van der Waals surface area contributed by atoms with E-state index in [1.807, 2.05) is 56.3 Å². The molecular weight excluding hydrogens is 468 g/mol. The van der Waals surface area contributed by atoms with Crippen LogP contribution in [-0.2, 0) is 6.42 Å². The number of carbonyl (C=O) groups excluding carboxylic acids is 1. The topological polar surface area (TPSA) is 89.7 Å². The van der Waals surface area contributed by atoms with Crippen LogP contribution in [0.5, 0.6) is 11.5 Å². The summed E-state index contributed by atoms with van der Waals surface area (Å²) in [5.74, 6) is 2.09. The van der Waals surface area contributed by atoms with Crippen molar-refractivity contribution in [2.45, 2.75) is 33.2 Å². The number of nitrogens with zero attached hydrogens (tertiary/aromatic N) is 3. The van der Waals surface area contributed by atoms with Crippen molar-refractivity contribution in [3.63, 3.8) is 0 Å². The zero-order valence-electron chi connectivity index (χ0n) is 20.8. The summed E-state index contributed by atoms with van der Waals surface area (Å²) in [6, 6.07) is 20.9. The molecule has 0 radical (unpaired) electrons. The summed E-state index contributed by atoms with van der Waals surface area (Å²) in [7, 11) is 0. The molecule has 186 valence electrons. The molecule has 0 fully saturated rings. The average molecular weight is 495 g/mol. The quantitative estimate of drug-likeness (QED) is 0.364. The summed E-state index contributed by atoms with van der Waals surface area (Å²) in [4.78, 5) is 19.8. The van der Waals surface area contributed by atoms with Gasteiger partial charge in [-0.3, -0.25) is 4.90 Å². The van der Waals surface area contributed by atoms with Gasteiger partial charge in [0.2, 0.25) is 12.6 Å². The molecule has 3 heterocycles. The number of hydrogen-bond acceptors (Lipinski definition) is 6. The van der Waals surface area contributed by atoms with Crippen molar-refractivity contribution in [3.8, 4) is 22.9 Å². The molecule has 0 saturated carbocycles. The van der Waals surface area contributed by atoms with Crippen molar-refractivity contribution in [1.29, 1.82) is 0 Å². The van der Waals surface area contributed by atoms with Gasteiger partial charge in [0.25, 0.3) is 5.89 Å². The van der Waals surface area contributed by atoms with Gasteiger partial charge in [-0.1, -0.05) is 66.2 Å². The molecule has 2 amide bonds. The van der Waals surface area contributed by atoms with E-state index in [0.29, 0.717) is 34.6 Å². The molecule has 4 aromatic rings. The highest BCUT2D eigenvalue weighted by Gasteiger charge is 2.37. The van der Waals surface area contributed by atoms with Gasteiger partial charge in [-0.05, 0) is 43.5 Å². The molecule has 8 heteroatoms. The molecule has 0 saturated heterocycles. The van der Waals surface area contributed by atoms with Crippen LogP contribution in [0.25, 0.3) is 17.0 Å². The minimum absolute atomic E-state index is 0.157. The molecule has 0 spiro atoms. The number of urea groups is 1. The van der Waals surface area contributed by atoms with Crippen molar-refractivity contribution in [2.24, 2.45) is 0 Å². The summed E-state index contributed by atoms with van der Waals surface area (Å²) in [5, 5.41) is 7.41. The molecule has 8 nitrogen and oxygen atoms in total. The molecule has 1 N–H and O–H groups in total. The van der Waals surface area contributed by atoms with Gasteiger partial charge < -0.3 is 19.3 Å². The molecule has 2 aliphatic heterocycles. The fourth-order valence-corrected chi connectivity index (χ4v) is 4.70. The van der Waals surface area contributed by atoms with Crippen LogP contribution in [0.2, 0.25) is 0 Å². The average Bonchev–Trinajstić information content (AvgIpc) is 3.59. The number of benzene rings is 3. The Bertz CT molecular complexity index is 1510. The van der Waals surface area contributed by atoms with Gasteiger partial charge in [0.15, 0.2) is 11.5 Å². The fraction of sp³-hybridized carbons (Fsp3) is 0.207. The van der Waals surface area contributed by atoms with Crippen molar-refractivity contribution >= 4 is 17.3 Å². The number of aryl methyl sites for hydroxylation is 2. The highest BCUT2D eigenvalue weighted by atomic mass is 16.7. The zero-order chi connectivity index (χ0) is 25.5. The minimum Gasteiger partial charge on any atom is -0.454 e. The summed E-state index contributed by atoms with van der Waals surface area (Å²) in [5.41, 5.74) is 6.21. The minimum atomic E-state index is -0.464. The van der Waals surface area contributed by atoms with Gasteiger partial charge >= 0.3 is 6.03 Å². The van der Waals surface area contributed by atoms with E-state index in [4.69, 9.17) is 19.0 Å². The van der Waals surface area contributed by atoms with Crippen LogP contribution in [-0.4, -0.2) is 23.0 Å². The monoisotopic (exact) mass is 494 g/mol. The maximum absolute atomic E-state index is 13.5. The van der Waals surface area contributed by atoms with E-state index in [0.717, 1.165) is 28.7 Å². The molecule has 1 atom stereocenters. The summed E-state index contributed by atoms with van der Waals surface area (Å²) in [6.07, 6.45) is 0.956. The first-order valence-corrected chi connectivity index (χ1v) is 12.2. The standard InChI is InChI=1S/C29H26N4O4/c1-4-19-7-11-21(12-8-19)27-31-28(37-32-27)25-18(3)33(22-13-14-23-24(15-22)36-16-35-23)29(34)30-26(25)20-9-5-17(2)6-10-20/h5-15,26H,4,16H2,1-3H3,(H,30,34). The normalized spacial score (nSPS) is 16.8. The Hall–Kier alpha value is -4.59. The Balaban J connectivity index is 1.46. The Kier molecular flexibility index (Phi) is 5.64. The molecule has 0 bridgehead atoms. The zero-order valence-corrected chi connectivity index (χ0v) is 20.8. The third-order valence-electron chi connectivity index (χ3n) is 6.79. The van der Waals surface area contributed by atoms with Gasteiger partial charge in [0.1, 0.15) is 0 Å². The van der Waals surface area contributed by atoms with E-state index in [2.05, 4.69) is 29.5 Å². The first kappa shape index (κ1) is 22.8. The maximum Gasteiger partial charge on any atom is 0.327 e. The molecule has 3 aromatic carbocycles. The Morgan fingerprint density at radius 2 is 1.73 bits per heavy atom. The summed E-state index contributed by atoms with van der Waals surface area (Å²) >= 11 is 0. The van der Waals surface area contributed by atoms with Gasteiger partial charge in [-0.2, -0.15) is 4.98 Å². The number of fused-ring (bicyclic) bond motifs is 1. The second-order valence-electron chi connectivity index (χ2n) is 9.14. The molecular formula is C29H26N4O4. The molecule has 0 aliphatic carbocycles. The van der Waals surface area contributed by atoms with Crippen LogP contribution in [0, 0.1) is 6.92 Å². The molecule has 1 aromatic heterocycles. The van der Waals surface area contributed by atoms with Crippen LogP contribution in [0.15, 0.2) is 77.0 Å². The lowest BCUT2D eigenvalue weighted by Crippen LogP contribution is -2.46. The largest absolute Gasteiger partial charge is 0.454 e. The fourth-order valence-electron chi connectivity index (χ4n) is 4.70. The van der Waals surface area contributed by atoms with E-state index >= 15 is 0 Å². The SMILES string of the molecule is CCc1ccc(-c2noc(C3=C(C)N(c4ccc5c(c4)OCO5)C(=O)NC3c3ccc(C)cc3)n2)cc1. The van der Waals surface area contributed by atoms with Crippen LogP contribution in [0.3, 0.4) is 0 Å². The van der Waals surface area contributed by atoms with E-state index in [1.165, 1.54) is 5.56 Å². The van der Waals surface area contributed by atoms with E-state index in [1.54, 1.807) is 17.0 Å². The van der Waals surface area contributed by atoms with Crippen molar-refractivity contribution in [1.82, 2.24) is 15.5 Å². The number of ether oxygens (including phenoxy) is 2. The van der Waals surface area contributed by atoms with Crippen LogP contribution in [0.1, 0.15) is 42.5 Å². The van der Waals surface area contributed by atoms with E-state index in [-0.39, 0.29) is 12.8 Å². The lowest BCUT2D eigenvalue weighted by molar-refractivity contribution is 0.174. The lowest BCUT2D eigenvalue weighted by atomic mass is 9.94. The first-order chi connectivity index (χ1) is 18.0. The number of allylic oxidation sites excluding steroid dienone is 1. The predicted octanol–water partition coefficient (Wildman–Crippen LogP) is 6.04. The number of anilines is 1. The smallest absolute Gasteiger partial charge is 0.327 e. The van der Waals surface area contributed by atoms with Crippen LogP contribution >= 0.6 is 0 Å². The first-order valence-electron chi connectivity index (χ1n) is 12.2. The highest BCUT2D eigenvalue weighted by Crippen LogP contribution is 2.42. The van der Waals surface area contributed by atoms with Crippen LogP contribution < -0.4 is 19.7 Å². The van der Waals surface area contributed by atoms with E-state index < -0.39 is 6.04 Å². The second kappa shape index (κ2) is 9.13. The summed E-state index contributed by atoms with van der Waals surface area (Å²) in [6.45, 7) is 6.19. The van der Waals surface area contributed by atoms with Gasteiger partial charge in [0, 0.05) is 17.3 Å². The Morgan fingerprint density at radius 3 is 2.49 bits per heavy atom. The lowest BCUT2D eigenvalue weighted by Gasteiger charge is -2.35. The third-order valence-corrected chi connectivity index (χ3v) is 6.79. The predicted molar refractivity (Wildman–Crippen MR) is 139 cm³/mol. The number of rotatable bonds is 5. The van der Waals surface area contributed by atoms with Crippen molar-refractivity contribution in [2.75, 3.05) is 11.7 Å². The van der Waals surface area contributed by atoms with Gasteiger partial charge in [-0.25, -0.2) is 4.79 Å². The molecule has 1 unspecified atom stereocenters. The number of amides is 2. The third kappa shape index (κ3) is 4.10. The summed E-state index contributed by atoms with van der Waals surface area (Å²) < 4.78 is 16.8. The molecule has 6 rings (SSSR count). The van der Waals surface area contributed by atoms with Gasteiger partial charge in [0.05, 0.1) is 17.3 Å². The highest BCUT2D eigenvalue weighted by molar-refractivity contribution is 6.01. The van der Waals surface area contributed by atoms with Crippen LogP contribution in [0.4, 0.5) is 10.5 Å². The number of aromatic nitrogens is 2. The molecule has 2 aliphatic rings.